The standard InChI is InChI=1S/C17H20N2O3S/c1-11-7-5-6-8-12(11)18-15(20)14-13(9-10-23-14)22-16(21)19-17(2,3)4/h5-10H,1-4H3,(H,18,20)(H,19,21). The van der Waals surface area contributed by atoms with E-state index in [1.54, 1.807) is 11.4 Å². The normalized spacial score (nSPS) is 11.0. The molecule has 1 aromatic carbocycles. The lowest BCUT2D eigenvalue weighted by Gasteiger charge is -2.19. The maximum Gasteiger partial charge on any atom is 0.413 e. The Morgan fingerprint density at radius 2 is 1.83 bits per heavy atom. The zero-order valence-corrected chi connectivity index (χ0v) is 14.4. The molecule has 0 fully saturated rings. The van der Waals surface area contributed by atoms with Crippen molar-refractivity contribution in [2.24, 2.45) is 0 Å². The van der Waals surface area contributed by atoms with Crippen LogP contribution in [-0.4, -0.2) is 17.5 Å². The first-order valence-electron chi connectivity index (χ1n) is 7.21. The highest BCUT2D eigenvalue weighted by atomic mass is 32.1. The minimum atomic E-state index is -0.583. The van der Waals surface area contributed by atoms with Gasteiger partial charge in [-0.2, -0.15) is 0 Å². The third-order valence-electron chi connectivity index (χ3n) is 2.91. The maximum atomic E-state index is 12.4. The van der Waals surface area contributed by atoms with E-state index in [-0.39, 0.29) is 11.7 Å². The molecule has 2 aromatic rings. The zero-order valence-electron chi connectivity index (χ0n) is 13.6. The van der Waals surface area contributed by atoms with E-state index >= 15 is 0 Å². The van der Waals surface area contributed by atoms with Gasteiger partial charge in [0.05, 0.1) is 0 Å². The largest absolute Gasteiger partial charge is 0.413 e. The van der Waals surface area contributed by atoms with Crippen LogP contribution in [-0.2, 0) is 0 Å². The first kappa shape index (κ1) is 17.0. The van der Waals surface area contributed by atoms with E-state index in [1.807, 2.05) is 52.0 Å². The molecule has 1 heterocycles. The summed E-state index contributed by atoms with van der Waals surface area (Å²) < 4.78 is 5.25. The summed E-state index contributed by atoms with van der Waals surface area (Å²) in [5.41, 5.74) is 1.29. The Morgan fingerprint density at radius 1 is 1.13 bits per heavy atom. The SMILES string of the molecule is Cc1ccccc1NC(=O)c1sccc1OC(=O)NC(C)(C)C. The molecule has 122 valence electrons. The van der Waals surface area contributed by atoms with Crippen LogP contribution >= 0.6 is 11.3 Å². The summed E-state index contributed by atoms with van der Waals surface area (Å²) in [6.45, 7) is 7.48. The Bertz CT molecular complexity index is 717. The van der Waals surface area contributed by atoms with Gasteiger partial charge >= 0.3 is 6.09 Å². The van der Waals surface area contributed by atoms with Gasteiger partial charge in [0, 0.05) is 11.2 Å². The number of anilines is 1. The van der Waals surface area contributed by atoms with Crippen molar-refractivity contribution in [3.63, 3.8) is 0 Å². The molecule has 0 saturated heterocycles. The highest BCUT2D eigenvalue weighted by Gasteiger charge is 2.20. The number of thiophene rings is 1. The minimum absolute atomic E-state index is 0.253. The van der Waals surface area contributed by atoms with Crippen LogP contribution in [0.3, 0.4) is 0 Å². The van der Waals surface area contributed by atoms with Gasteiger partial charge in [-0.25, -0.2) is 4.79 Å². The average molecular weight is 332 g/mol. The van der Waals surface area contributed by atoms with Gasteiger partial charge in [-0.1, -0.05) is 18.2 Å². The third kappa shape index (κ3) is 4.82. The van der Waals surface area contributed by atoms with Crippen LogP contribution < -0.4 is 15.4 Å². The summed E-state index contributed by atoms with van der Waals surface area (Å²) in [7, 11) is 0. The fourth-order valence-corrected chi connectivity index (χ4v) is 2.58. The number of aryl methyl sites for hydroxylation is 1. The third-order valence-corrected chi connectivity index (χ3v) is 3.80. The topological polar surface area (TPSA) is 67.4 Å². The number of para-hydroxylation sites is 1. The van der Waals surface area contributed by atoms with Gasteiger partial charge in [0.25, 0.3) is 5.91 Å². The van der Waals surface area contributed by atoms with Crippen molar-refractivity contribution in [1.82, 2.24) is 5.32 Å². The van der Waals surface area contributed by atoms with E-state index in [0.717, 1.165) is 11.3 Å². The Morgan fingerprint density at radius 3 is 2.48 bits per heavy atom. The molecule has 0 aliphatic rings. The Labute approximate surface area is 139 Å². The Kier molecular flexibility index (Phi) is 5.05. The molecule has 0 radical (unpaired) electrons. The second-order valence-corrected chi connectivity index (χ2v) is 7.06. The number of nitrogens with one attached hydrogen (secondary N) is 2. The van der Waals surface area contributed by atoms with Gasteiger partial charge in [-0.15, -0.1) is 11.3 Å². The average Bonchev–Trinajstić information content (AvgIpc) is 2.87. The number of benzene rings is 1. The number of hydrogen-bond acceptors (Lipinski definition) is 4. The summed E-state index contributed by atoms with van der Waals surface area (Å²) in [6, 6.07) is 9.11. The molecule has 0 atom stereocenters. The number of rotatable bonds is 3. The van der Waals surface area contributed by atoms with Gasteiger partial charge in [-0.05, 0) is 50.8 Å². The monoisotopic (exact) mass is 332 g/mol. The lowest BCUT2D eigenvalue weighted by Crippen LogP contribution is -2.42. The molecule has 2 amide bonds. The summed E-state index contributed by atoms with van der Waals surface area (Å²) in [5.74, 6) is -0.0457. The minimum Gasteiger partial charge on any atom is -0.409 e. The molecule has 0 unspecified atom stereocenters. The fourth-order valence-electron chi connectivity index (χ4n) is 1.87. The van der Waals surface area contributed by atoms with Crippen LogP contribution in [0.1, 0.15) is 36.0 Å². The molecule has 0 bridgehead atoms. The van der Waals surface area contributed by atoms with Crippen LogP contribution in [0.4, 0.5) is 10.5 Å². The second kappa shape index (κ2) is 6.83. The van der Waals surface area contributed by atoms with E-state index in [4.69, 9.17) is 4.74 Å². The summed E-state index contributed by atoms with van der Waals surface area (Å²) >= 11 is 1.23. The highest BCUT2D eigenvalue weighted by Crippen LogP contribution is 2.26. The van der Waals surface area contributed by atoms with Crippen molar-refractivity contribution in [1.29, 1.82) is 0 Å². The number of ether oxygens (including phenoxy) is 1. The zero-order chi connectivity index (χ0) is 17.0. The second-order valence-electron chi connectivity index (χ2n) is 6.15. The van der Waals surface area contributed by atoms with Crippen molar-refractivity contribution in [3.05, 3.63) is 46.2 Å². The molecule has 0 aliphatic heterocycles. The summed E-state index contributed by atoms with van der Waals surface area (Å²) in [4.78, 5) is 24.6. The molecule has 2 N–H and O–H groups in total. The number of carbonyl (C=O) groups is 2. The van der Waals surface area contributed by atoms with Gasteiger partial charge in [-0.3, -0.25) is 4.79 Å². The Hall–Kier alpha value is -2.34. The van der Waals surface area contributed by atoms with Gasteiger partial charge in [0.1, 0.15) is 4.88 Å². The number of carbonyl (C=O) groups excluding carboxylic acids is 2. The van der Waals surface area contributed by atoms with Gasteiger partial charge < -0.3 is 15.4 Å². The van der Waals surface area contributed by atoms with E-state index in [9.17, 15) is 9.59 Å². The van der Waals surface area contributed by atoms with E-state index in [2.05, 4.69) is 10.6 Å². The molecule has 2 rings (SSSR count). The van der Waals surface area contributed by atoms with Gasteiger partial charge in [0.15, 0.2) is 5.75 Å². The van der Waals surface area contributed by atoms with Crippen LogP contribution in [0.25, 0.3) is 0 Å². The number of amides is 2. The predicted octanol–water partition coefficient (Wildman–Crippen LogP) is 4.20. The summed E-state index contributed by atoms with van der Waals surface area (Å²) in [5, 5.41) is 7.24. The molecule has 5 nitrogen and oxygen atoms in total. The first-order chi connectivity index (χ1) is 10.8. The van der Waals surface area contributed by atoms with Crippen molar-refractivity contribution in [2.75, 3.05) is 5.32 Å². The van der Waals surface area contributed by atoms with Gasteiger partial charge in [0.2, 0.25) is 0 Å². The molecule has 0 spiro atoms. The molecule has 23 heavy (non-hydrogen) atoms. The van der Waals surface area contributed by atoms with E-state index < -0.39 is 11.6 Å². The maximum absolute atomic E-state index is 12.4. The molecular formula is C17H20N2O3S. The smallest absolute Gasteiger partial charge is 0.409 e. The van der Waals surface area contributed by atoms with Crippen molar-refractivity contribution < 1.29 is 14.3 Å². The quantitative estimate of drug-likeness (QED) is 0.885. The lowest BCUT2D eigenvalue weighted by molar-refractivity contribution is 0.102. The van der Waals surface area contributed by atoms with Crippen LogP contribution in [0.15, 0.2) is 35.7 Å². The summed E-state index contributed by atoms with van der Waals surface area (Å²) in [6.07, 6.45) is -0.583. The van der Waals surface area contributed by atoms with Crippen molar-refractivity contribution >= 4 is 29.0 Å². The van der Waals surface area contributed by atoms with Crippen LogP contribution in [0.2, 0.25) is 0 Å². The number of hydrogen-bond donors (Lipinski definition) is 2. The van der Waals surface area contributed by atoms with Crippen molar-refractivity contribution in [3.8, 4) is 5.75 Å². The molecule has 0 aliphatic carbocycles. The highest BCUT2D eigenvalue weighted by molar-refractivity contribution is 7.12. The van der Waals surface area contributed by atoms with E-state index in [1.165, 1.54) is 11.3 Å². The Balaban J connectivity index is 2.10. The molecule has 1 aromatic heterocycles. The van der Waals surface area contributed by atoms with Crippen LogP contribution in [0.5, 0.6) is 5.75 Å². The first-order valence-corrected chi connectivity index (χ1v) is 8.09. The molecule has 6 heteroatoms. The molecule has 0 saturated carbocycles. The van der Waals surface area contributed by atoms with Crippen molar-refractivity contribution in [2.45, 2.75) is 33.2 Å². The lowest BCUT2D eigenvalue weighted by atomic mass is 10.1. The fraction of sp³-hybridized carbons (Fsp3) is 0.294. The predicted molar refractivity (Wildman–Crippen MR) is 92.4 cm³/mol. The van der Waals surface area contributed by atoms with E-state index in [0.29, 0.717) is 4.88 Å². The van der Waals surface area contributed by atoms with Crippen LogP contribution in [0, 0.1) is 6.92 Å². The molecular weight excluding hydrogens is 312 g/mol.